The first-order valence-corrected chi connectivity index (χ1v) is 7.14. The molecule has 0 bridgehead atoms. The van der Waals surface area contributed by atoms with E-state index in [1.165, 1.54) is 43.5 Å². The Morgan fingerprint density at radius 1 is 1.05 bits per heavy atom. The van der Waals surface area contributed by atoms with Crippen LogP contribution in [0.1, 0.15) is 24.8 Å². The van der Waals surface area contributed by atoms with Crippen LogP contribution in [-0.2, 0) is 0 Å². The van der Waals surface area contributed by atoms with Crippen LogP contribution >= 0.6 is 12.4 Å². The van der Waals surface area contributed by atoms with Crippen molar-refractivity contribution >= 4 is 18.0 Å². The maximum atomic E-state index is 4.10. The van der Waals surface area contributed by atoms with Crippen LogP contribution in [0.2, 0.25) is 0 Å². The van der Waals surface area contributed by atoms with Crippen molar-refractivity contribution < 1.29 is 0 Å². The predicted octanol–water partition coefficient (Wildman–Crippen LogP) is 2.45. The molecule has 0 spiro atoms. The van der Waals surface area contributed by atoms with Gasteiger partial charge in [-0.3, -0.25) is 14.9 Å². The van der Waals surface area contributed by atoms with E-state index in [0.29, 0.717) is 0 Å². The average Bonchev–Trinajstić information content (AvgIpc) is 2.48. The number of hydrogen-bond donors (Lipinski definition) is 0. The van der Waals surface area contributed by atoms with Crippen LogP contribution in [0.15, 0.2) is 30.7 Å². The molecule has 110 valence electrons. The number of hydrogen-bond acceptors (Lipinski definition) is 4. The van der Waals surface area contributed by atoms with E-state index < -0.39 is 0 Å². The molecule has 1 aromatic heterocycles. The molecule has 0 atom stereocenters. The molecule has 1 saturated heterocycles. The quantitative estimate of drug-likeness (QED) is 0.835. The molecule has 3 rings (SSSR count). The van der Waals surface area contributed by atoms with Crippen molar-refractivity contribution in [3.8, 4) is 0 Å². The topological polar surface area (TPSA) is 22.6 Å². The van der Waals surface area contributed by atoms with E-state index in [-0.39, 0.29) is 12.4 Å². The van der Waals surface area contributed by atoms with Crippen molar-refractivity contribution in [2.75, 3.05) is 33.4 Å². The van der Waals surface area contributed by atoms with E-state index in [2.05, 4.69) is 45.3 Å². The number of hydrazine groups is 1. The lowest BCUT2D eigenvalue weighted by Crippen LogP contribution is -2.49. The summed E-state index contributed by atoms with van der Waals surface area (Å²) < 4.78 is 0. The zero-order valence-corrected chi connectivity index (χ0v) is 12.9. The molecule has 0 amide bonds. The lowest BCUT2D eigenvalue weighted by Gasteiger charge is -2.42. The molecule has 20 heavy (non-hydrogen) atoms. The summed E-state index contributed by atoms with van der Waals surface area (Å²) >= 11 is 0. The third-order valence-corrected chi connectivity index (χ3v) is 3.88. The summed E-state index contributed by atoms with van der Waals surface area (Å²) in [5.41, 5.74) is 2.66. The maximum Gasteiger partial charge on any atom is 0.0859 e. The number of likely N-dealkylation sites (N-methyl/N-ethyl adjacent to an activating group) is 1. The first-order valence-electron chi connectivity index (χ1n) is 7.14. The monoisotopic (exact) mass is 294 g/mol. The lowest BCUT2D eigenvalue weighted by atomic mass is 10.1. The first-order chi connectivity index (χ1) is 9.33. The van der Waals surface area contributed by atoms with E-state index >= 15 is 0 Å². The molecule has 2 aliphatic heterocycles. The minimum absolute atomic E-state index is 0. The van der Waals surface area contributed by atoms with Gasteiger partial charge in [-0.1, -0.05) is 6.42 Å². The number of nitrogens with zero attached hydrogens (tertiary/aromatic N) is 4. The molecule has 1 aromatic rings. The minimum Gasteiger partial charge on any atom is -0.298 e. The Kier molecular flexibility index (Phi) is 5.40. The Hall–Kier alpha value is -1.10. The largest absolute Gasteiger partial charge is 0.298 e. The Bertz CT molecular complexity index is 442. The van der Waals surface area contributed by atoms with Gasteiger partial charge in [0.1, 0.15) is 0 Å². The van der Waals surface area contributed by atoms with Gasteiger partial charge in [-0.25, -0.2) is 5.01 Å². The first kappa shape index (κ1) is 15.3. The number of rotatable bonds is 2. The predicted molar refractivity (Wildman–Crippen MR) is 84.2 cm³/mol. The van der Waals surface area contributed by atoms with Gasteiger partial charge in [-0.15, -0.1) is 12.4 Å². The molecule has 0 unspecified atom stereocenters. The zero-order chi connectivity index (χ0) is 13.1. The highest BCUT2D eigenvalue weighted by Gasteiger charge is 2.22. The van der Waals surface area contributed by atoms with Gasteiger partial charge in [0.2, 0.25) is 0 Å². The number of aromatic nitrogens is 1. The van der Waals surface area contributed by atoms with Crippen molar-refractivity contribution in [3.05, 3.63) is 36.3 Å². The summed E-state index contributed by atoms with van der Waals surface area (Å²) in [6.07, 6.45) is 10.1. The Morgan fingerprint density at radius 2 is 1.75 bits per heavy atom. The van der Waals surface area contributed by atoms with Gasteiger partial charge in [0.25, 0.3) is 0 Å². The van der Waals surface area contributed by atoms with E-state index in [9.17, 15) is 0 Å². The SMILES string of the molecule is CN1CC(c2ccncc2)=CN(N2CCCCC2)C1.Cl. The molecular formula is C15H23ClN4. The lowest BCUT2D eigenvalue weighted by molar-refractivity contribution is -0.0325. The van der Waals surface area contributed by atoms with Crippen molar-refractivity contribution in [1.29, 1.82) is 0 Å². The standard InChI is InChI=1S/C15H22N4.ClH/c1-17-11-15(14-5-7-16-8-6-14)12-19(13-17)18-9-3-2-4-10-18;/h5-8,12H,2-4,9-11,13H2,1H3;1H. The molecule has 3 heterocycles. The Labute approximate surface area is 127 Å². The normalized spacial score (nSPS) is 21.2. The molecule has 0 saturated carbocycles. The van der Waals surface area contributed by atoms with E-state index in [0.717, 1.165) is 13.2 Å². The van der Waals surface area contributed by atoms with E-state index in [1.807, 2.05) is 12.4 Å². The highest BCUT2D eigenvalue weighted by atomic mass is 35.5. The molecule has 0 radical (unpaired) electrons. The van der Waals surface area contributed by atoms with Crippen LogP contribution in [0.4, 0.5) is 0 Å². The minimum atomic E-state index is 0. The van der Waals surface area contributed by atoms with Gasteiger partial charge >= 0.3 is 0 Å². The molecule has 0 aromatic carbocycles. The molecule has 2 aliphatic rings. The van der Waals surface area contributed by atoms with Crippen LogP contribution < -0.4 is 0 Å². The van der Waals surface area contributed by atoms with Crippen LogP contribution in [-0.4, -0.2) is 53.3 Å². The second kappa shape index (κ2) is 7.07. The molecular weight excluding hydrogens is 272 g/mol. The smallest absolute Gasteiger partial charge is 0.0859 e. The second-order valence-corrected chi connectivity index (χ2v) is 5.50. The zero-order valence-electron chi connectivity index (χ0n) is 12.0. The summed E-state index contributed by atoms with van der Waals surface area (Å²) in [7, 11) is 2.19. The maximum absolute atomic E-state index is 4.10. The molecule has 4 nitrogen and oxygen atoms in total. The van der Waals surface area contributed by atoms with Crippen molar-refractivity contribution in [1.82, 2.24) is 19.9 Å². The highest BCUT2D eigenvalue weighted by molar-refractivity contribution is 5.85. The van der Waals surface area contributed by atoms with Gasteiger partial charge in [0, 0.05) is 38.2 Å². The molecule has 0 N–H and O–H groups in total. The van der Waals surface area contributed by atoms with Gasteiger partial charge in [-0.2, -0.15) is 0 Å². The van der Waals surface area contributed by atoms with Crippen molar-refractivity contribution in [3.63, 3.8) is 0 Å². The van der Waals surface area contributed by atoms with Gasteiger partial charge < -0.3 is 0 Å². The van der Waals surface area contributed by atoms with E-state index in [1.54, 1.807) is 0 Å². The van der Waals surface area contributed by atoms with Gasteiger partial charge in [0.15, 0.2) is 0 Å². The number of pyridine rings is 1. The molecule has 1 fully saturated rings. The Balaban J connectivity index is 0.00000147. The fourth-order valence-electron chi connectivity index (χ4n) is 2.89. The third kappa shape index (κ3) is 3.51. The fourth-order valence-corrected chi connectivity index (χ4v) is 2.89. The van der Waals surface area contributed by atoms with Crippen molar-refractivity contribution in [2.24, 2.45) is 0 Å². The number of piperidine rings is 1. The van der Waals surface area contributed by atoms with E-state index in [4.69, 9.17) is 0 Å². The third-order valence-electron chi connectivity index (χ3n) is 3.88. The second-order valence-electron chi connectivity index (χ2n) is 5.50. The summed E-state index contributed by atoms with van der Waals surface area (Å²) in [4.78, 5) is 6.47. The fraction of sp³-hybridized carbons (Fsp3) is 0.533. The highest BCUT2D eigenvalue weighted by Crippen LogP contribution is 2.22. The van der Waals surface area contributed by atoms with Crippen molar-refractivity contribution in [2.45, 2.75) is 19.3 Å². The van der Waals surface area contributed by atoms with Crippen LogP contribution in [0, 0.1) is 0 Å². The number of halogens is 1. The Morgan fingerprint density at radius 3 is 2.45 bits per heavy atom. The van der Waals surface area contributed by atoms with Gasteiger partial charge in [-0.05, 0) is 43.2 Å². The average molecular weight is 295 g/mol. The van der Waals surface area contributed by atoms with Crippen LogP contribution in [0.5, 0.6) is 0 Å². The summed E-state index contributed by atoms with van der Waals surface area (Å²) in [6.45, 7) is 4.38. The summed E-state index contributed by atoms with van der Waals surface area (Å²) in [6, 6.07) is 4.19. The summed E-state index contributed by atoms with van der Waals surface area (Å²) in [5.74, 6) is 0. The molecule has 0 aliphatic carbocycles. The summed E-state index contributed by atoms with van der Waals surface area (Å²) in [5, 5.41) is 4.87. The van der Waals surface area contributed by atoms with Gasteiger partial charge in [0.05, 0.1) is 6.67 Å². The van der Waals surface area contributed by atoms with Crippen LogP contribution in [0.3, 0.4) is 0 Å². The van der Waals surface area contributed by atoms with Crippen LogP contribution in [0.25, 0.3) is 5.57 Å². The molecule has 5 heteroatoms.